The summed E-state index contributed by atoms with van der Waals surface area (Å²) in [6.07, 6.45) is 8.96. The second-order valence-electron chi connectivity index (χ2n) is 5.30. The normalized spacial score (nSPS) is 21.5. The first-order valence-corrected chi connectivity index (χ1v) is 6.98. The Kier molecular flexibility index (Phi) is 6.54. The first-order chi connectivity index (χ1) is 8.20. The second-order valence-corrected chi connectivity index (χ2v) is 5.30. The number of nitrogens with one attached hydrogen (secondary N) is 1. The molecule has 1 N–H and O–H groups in total. The molecule has 17 heavy (non-hydrogen) atoms. The van der Waals surface area contributed by atoms with Crippen molar-refractivity contribution in [1.29, 1.82) is 5.26 Å². The van der Waals surface area contributed by atoms with E-state index in [1.165, 1.54) is 25.7 Å². The van der Waals surface area contributed by atoms with Crippen LogP contribution < -0.4 is 5.32 Å². The molecule has 0 aromatic carbocycles. The number of rotatable bonds is 6. The Morgan fingerprint density at radius 3 is 2.47 bits per heavy atom. The van der Waals surface area contributed by atoms with Gasteiger partial charge in [0.05, 0.1) is 18.8 Å². The fraction of sp³-hybridized carbons (Fsp3) is 0.929. The summed E-state index contributed by atoms with van der Waals surface area (Å²) in [5.41, 5.74) is -0.525. The van der Waals surface area contributed by atoms with Crippen LogP contribution in [0.1, 0.15) is 58.8 Å². The van der Waals surface area contributed by atoms with E-state index in [-0.39, 0.29) is 0 Å². The third-order valence-electron chi connectivity index (χ3n) is 3.42. The van der Waals surface area contributed by atoms with E-state index in [4.69, 9.17) is 4.74 Å². The van der Waals surface area contributed by atoms with Crippen LogP contribution in [0.3, 0.4) is 0 Å². The summed E-state index contributed by atoms with van der Waals surface area (Å²) in [6, 6.07) is 2.33. The lowest BCUT2D eigenvalue weighted by atomic mass is 10.1. The molecule has 98 valence electrons. The highest BCUT2D eigenvalue weighted by Gasteiger charge is 2.25. The lowest BCUT2D eigenvalue weighted by molar-refractivity contribution is 0.0188. The minimum Gasteiger partial charge on any atom is -0.375 e. The van der Waals surface area contributed by atoms with Gasteiger partial charge in [-0.15, -0.1) is 0 Å². The van der Waals surface area contributed by atoms with Crippen LogP contribution in [0, 0.1) is 11.3 Å². The topological polar surface area (TPSA) is 45.0 Å². The van der Waals surface area contributed by atoms with Gasteiger partial charge in [0.15, 0.2) is 0 Å². The summed E-state index contributed by atoms with van der Waals surface area (Å²) in [7, 11) is 0. The Bertz CT molecular complexity index is 241. The van der Waals surface area contributed by atoms with Crippen LogP contribution in [0.5, 0.6) is 0 Å². The van der Waals surface area contributed by atoms with Gasteiger partial charge in [0.1, 0.15) is 5.54 Å². The monoisotopic (exact) mass is 238 g/mol. The van der Waals surface area contributed by atoms with Crippen LogP contribution in [-0.4, -0.2) is 24.8 Å². The van der Waals surface area contributed by atoms with E-state index in [1.807, 2.05) is 6.92 Å². The average Bonchev–Trinajstić information content (AvgIpc) is 2.62. The van der Waals surface area contributed by atoms with Crippen molar-refractivity contribution in [2.75, 3.05) is 13.2 Å². The molecule has 0 spiro atoms. The van der Waals surface area contributed by atoms with E-state index in [1.54, 1.807) is 0 Å². The maximum absolute atomic E-state index is 9.20. The zero-order valence-electron chi connectivity index (χ0n) is 11.3. The van der Waals surface area contributed by atoms with Crippen molar-refractivity contribution < 1.29 is 4.74 Å². The van der Waals surface area contributed by atoms with Gasteiger partial charge in [0.25, 0.3) is 0 Å². The third-order valence-corrected chi connectivity index (χ3v) is 3.42. The average molecular weight is 238 g/mol. The Morgan fingerprint density at radius 2 is 1.94 bits per heavy atom. The van der Waals surface area contributed by atoms with Crippen LogP contribution in [0.25, 0.3) is 0 Å². The summed E-state index contributed by atoms with van der Waals surface area (Å²) in [5, 5.41) is 12.5. The van der Waals surface area contributed by atoms with E-state index < -0.39 is 5.54 Å². The molecular formula is C14H26N2O. The Hall–Kier alpha value is -0.590. The van der Waals surface area contributed by atoms with Crippen molar-refractivity contribution >= 4 is 0 Å². The van der Waals surface area contributed by atoms with Gasteiger partial charge in [-0.1, -0.05) is 32.6 Å². The molecule has 1 unspecified atom stereocenters. The Labute approximate surface area is 106 Å². The maximum Gasteiger partial charge on any atom is 0.127 e. The van der Waals surface area contributed by atoms with Crippen molar-refractivity contribution in [1.82, 2.24) is 5.32 Å². The van der Waals surface area contributed by atoms with Gasteiger partial charge in [-0.3, -0.25) is 5.32 Å². The molecule has 3 nitrogen and oxygen atoms in total. The summed E-state index contributed by atoms with van der Waals surface area (Å²) >= 11 is 0. The molecule has 1 rings (SSSR count). The van der Waals surface area contributed by atoms with Gasteiger partial charge < -0.3 is 4.74 Å². The molecule has 1 atom stereocenters. The lowest BCUT2D eigenvalue weighted by Crippen LogP contribution is -2.46. The summed E-state index contributed by atoms with van der Waals surface area (Å²) in [4.78, 5) is 0. The van der Waals surface area contributed by atoms with Gasteiger partial charge in [-0.05, 0) is 32.7 Å². The maximum atomic E-state index is 9.20. The highest BCUT2D eigenvalue weighted by molar-refractivity contribution is 5.03. The van der Waals surface area contributed by atoms with Gasteiger partial charge in [0, 0.05) is 0 Å². The van der Waals surface area contributed by atoms with Gasteiger partial charge >= 0.3 is 0 Å². The van der Waals surface area contributed by atoms with Crippen molar-refractivity contribution in [2.24, 2.45) is 0 Å². The number of hydrogen-bond donors (Lipinski definition) is 1. The van der Waals surface area contributed by atoms with Gasteiger partial charge in [-0.25, -0.2) is 0 Å². The number of nitrogens with zero attached hydrogens (tertiary/aromatic N) is 1. The largest absolute Gasteiger partial charge is 0.375 e. The van der Waals surface area contributed by atoms with Crippen molar-refractivity contribution in [3.8, 4) is 6.07 Å². The first-order valence-electron chi connectivity index (χ1n) is 6.98. The SMILES string of the molecule is CCCNC(C)(C#N)COC1CCCCCC1. The van der Waals surface area contributed by atoms with Gasteiger partial charge in [-0.2, -0.15) is 5.26 Å². The second kappa shape index (κ2) is 7.68. The molecule has 1 aliphatic carbocycles. The summed E-state index contributed by atoms with van der Waals surface area (Å²) in [6.45, 7) is 5.42. The summed E-state index contributed by atoms with van der Waals surface area (Å²) < 4.78 is 5.93. The Morgan fingerprint density at radius 1 is 1.29 bits per heavy atom. The van der Waals surface area contributed by atoms with Crippen molar-refractivity contribution in [2.45, 2.75) is 70.4 Å². The van der Waals surface area contributed by atoms with Gasteiger partial charge in [0.2, 0.25) is 0 Å². The quantitative estimate of drug-likeness (QED) is 0.723. The molecule has 1 fully saturated rings. The smallest absolute Gasteiger partial charge is 0.127 e. The predicted octanol–water partition coefficient (Wildman–Crippen LogP) is 3.01. The molecule has 1 saturated carbocycles. The van der Waals surface area contributed by atoms with E-state index in [0.29, 0.717) is 12.7 Å². The Balaban J connectivity index is 2.32. The third kappa shape index (κ3) is 5.52. The molecule has 0 heterocycles. The minimum atomic E-state index is -0.525. The van der Waals surface area contributed by atoms with Crippen molar-refractivity contribution in [3.05, 3.63) is 0 Å². The fourth-order valence-electron chi connectivity index (χ4n) is 2.22. The van der Waals surface area contributed by atoms with Crippen LogP contribution in [0.15, 0.2) is 0 Å². The predicted molar refractivity (Wildman–Crippen MR) is 69.8 cm³/mol. The number of nitriles is 1. The molecule has 1 aliphatic rings. The van der Waals surface area contributed by atoms with Crippen LogP contribution in [0.4, 0.5) is 0 Å². The standard InChI is InChI=1S/C14H26N2O/c1-3-10-16-14(2,11-15)12-17-13-8-6-4-5-7-9-13/h13,16H,3-10,12H2,1-2H3. The van der Waals surface area contributed by atoms with Crippen LogP contribution in [-0.2, 0) is 4.74 Å². The molecule has 3 heteroatoms. The van der Waals surface area contributed by atoms with E-state index in [0.717, 1.165) is 25.8 Å². The first kappa shape index (κ1) is 14.5. The van der Waals surface area contributed by atoms with E-state index in [2.05, 4.69) is 18.3 Å². The molecule has 0 aromatic rings. The number of ether oxygens (including phenoxy) is 1. The minimum absolute atomic E-state index is 0.369. The molecule has 0 radical (unpaired) electrons. The highest BCUT2D eigenvalue weighted by Crippen LogP contribution is 2.20. The van der Waals surface area contributed by atoms with E-state index in [9.17, 15) is 5.26 Å². The molecule has 0 aliphatic heterocycles. The van der Waals surface area contributed by atoms with Crippen LogP contribution in [0.2, 0.25) is 0 Å². The van der Waals surface area contributed by atoms with E-state index >= 15 is 0 Å². The molecule has 0 aromatic heterocycles. The lowest BCUT2D eigenvalue weighted by Gasteiger charge is -2.26. The highest BCUT2D eigenvalue weighted by atomic mass is 16.5. The molecular weight excluding hydrogens is 212 g/mol. The molecule has 0 bridgehead atoms. The zero-order chi connectivity index (χ0) is 12.6. The van der Waals surface area contributed by atoms with Crippen molar-refractivity contribution in [3.63, 3.8) is 0 Å². The van der Waals surface area contributed by atoms with Crippen LogP contribution >= 0.6 is 0 Å². The fourth-order valence-corrected chi connectivity index (χ4v) is 2.22. The zero-order valence-corrected chi connectivity index (χ0v) is 11.3. The molecule has 0 amide bonds. The number of hydrogen-bond acceptors (Lipinski definition) is 3. The summed E-state index contributed by atoms with van der Waals surface area (Å²) in [5.74, 6) is 0. The molecule has 0 saturated heterocycles.